The molecule has 0 bridgehead atoms. The second-order valence-corrected chi connectivity index (χ2v) is 4.94. The Kier molecular flexibility index (Phi) is 8.78. The molecule has 3 nitrogen and oxygen atoms in total. The Morgan fingerprint density at radius 1 is 1.29 bits per heavy atom. The minimum absolute atomic E-state index is 0.0314. The van der Waals surface area contributed by atoms with Crippen LogP contribution < -0.4 is 5.32 Å². The highest BCUT2D eigenvalue weighted by molar-refractivity contribution is 5.91. The molecule has 0 aliphatic carbocycles. The zero-order valence-corrected chi connectivity index (χ0v) is 11.9. The van der Waals surface area contributed by atoms with Gasteiger partial charge in [0.25, 0.3) is 0 Å². The molecule has 0 radical (unpaired) electrons. The fraction of sp³-hybridized carbons (Fsp3) is 0.786. The van der Waals surface area contributed by atoms with E-state index in [1.807, 2.05) is 0 Å². The molecule has 17 heavy (non-hydrogen) atoms. The van der Waals surface area contributed by atoms with E-state index in [4.69, 9.17) is 0 Å². The molecule has 0 saturated carbocycles. The Bertz CT molecular complexity index is 236. The van der Waals surface area contributed by atoms with E-state index < -0.39 is 0 Å². The zero-order chi connectivity index (χ0) is 13.3. The van der Waals surface area contributed by atoms with Crippen molar-refractivity contribution in [2.24, 2.45) is 0 Å². The molecule has 1 atom stereocenters. The summed E-state index contributed by atoms with van der Waals surface area (Å²) in [5.41, 5.74) is 0.581. The molecule has 0 aliphatic heterocycles. The summed E-state index contributed by atoms with van der Waals surface area (Å²) in [5, 5.41) is 2.89. The van der Waals surface area contributed by atoms with Crippen LogP contribution in [0.15, 0.2) is 12.2 Å². The number of nitrogens with one attached hydrogen (secondary N) is 1. The van der Waals surface area contributed by atoms with Crippen molar-refractivity contribution in [2.75, 3.05) is 20.6 Å². The van der Waals surface area contributed by atoms with E-state index >= 15 is 0 Å². The number of hydrogen-bond donors (Lipinski definition) is 1. The third-order valence-electron chi connectivity index (χ3n) is 3.02. The number of hydrogen-bond acceptors (Lipinski definition) is 2. The van der Waals surface area contributed by atoms with Crippen molar-refractivity contribution in [3.05, 3.63) is 12.2 Å². The van der Waals surface area contributed by atoms with Crippen LogP contribution in [0, 0.1) is 0 Å². The summed E-state index contributed by atoms with van der Waals surface area (Å²) in [6.45, 7) is 8.32. The van der Waals surface area contributed by atoms with Gasteiger partial charge < -0.3 is 10.2 Å². The number of nitrogens with zero attached hydrogens (tertiary/aromatic N) is 1. The number of unbranched alkanes of at least 4 members (excludes halogenated alkanes) is 2. The minimum atomic E-state index is -0.0314. The average Bonchev–Trinajstić information content (AvgIpc) is 2.26. The smallest absolute Gasteiger partial charge is 0.246 e. The molecule has 0 saturated heterocycles. The molecule has 0 aliphatic rings. The summed E-state index contributed by atoms with van der Waals surface area (Å²) in [4.78, 5) is 13.6. The summed E-state index contributed by atoms with van der Waals surface area (Å²) in [6.07, 6.45) is 6.04. The maximum atomic E-state index is 11.3. The van der Waals surface area contributed by atoms with Gasteiger partial charge in [-0.05, 0) is 33.9 Å². The first-order chi connectivity index (χ1) is 7.99. The molecule has 0 spiro atoms. The van der Waals surface area contributed by atoms with Gasteiger partial charge in [0, 0.05) is 18.2 Å². The van der Waals surface area contributed by atoms with Crippen molar-refractivity contribution < 1.29 is 4.79 Å². The Balaban J connectivity index is 3.85. The van der Waals surface area contributed by atoms with Crippen LogP contribution in [-0.4, -0.2) is 37.5 Å². The van der Waals surface area contributed by atoms with Crippen molar-refractivity contribution in [2.45, 2.75) is 52.0 Å². The molecule has 1 N–H and O–H groups in total. The molecule has 0 aromatic heterocycles. The van der Waals surface area contributed by atoms with Crippen molar-refractivity contribution in [1.82, 2.24) is 10.2 Å². The molecule has 1 unspecified atom stereocenters. The van der Waals surface area contributed by atoms with Crippen LogP contribution in [0.25, 0.3) is 0 Å². The van der Waals surface area contributed by atoms with Crippen LogP contribution in [0.3, 0.4) is 0 Å². The summed E-state index contributed by atoms with van der Waals surface area (Å²) >= 11 is 0. The third kappa shape index (κ3) is 7.97. The molecule has 0 heterocycles. The van der Waals surface area contributed by atoms with E-state index in [0.29, 0.717) is 11.6 Å². The van der Waals surface area contributed by atoms with Gasteiger partial charge in [0.15, 0.2) is 0 Å². The lowest BCUT2D eigenvalue weighted by molar-refractivity contribution is -0.117. The second kappa shape index (κ2) is 9.23. The first-order valence-corrected chi connectivity index (χ1v) is 6.59. The number of carbonyl (C=O) groups excluding carboxylic acids is 1. The molecule has 3 heteroatoms. The normalized spacial score (nSPS) is 12.5. The summed E-state index contributed by atoms with van der Waals surface area (Å²) < 4.78 is 0. The summed E-state index contributed by atoms with van der Waals surface area (Å²) in [6, 6.07) is 0.562. The average molecular weight is 240 g/mol. The van der Waals surface area contributed by atoms with Crippen molar-refractivity contribution >= 4 is 5.91 Å². The number of amides is 1. The van der Waals surface area contributed by atoms with E-state index in [-0.39, 0.29) is 5.91 Å². The van der Waals surface area contributed by atoms with Crippen LogP contribution in [0.2, 0.25) is 0 Å². The van der Waals surface area contributed by atoms with Crippen LogP contribution in [-0.2, 0) is 4.79 Å². The van der Waals surface area contributed by atoms with Crippen molar-refractivity contribution in [3.63, 3.8) is 0 Å². The number of carbonyl (C=O) groups is 1. The Morgan fingerprint density at radius 3 is 2.41 bits per heavy atom. The predicted octanol–water partition coefficient (Wildman–Crippen LogP) is 2.58. The first-order valence-electron chi connectivity index (χ1n) is 6.59. The fourth-order valence-electron chi connectivity index (χ4n) is 1.79. The van der Waals surface area contributed by atoms with E-state index in [9.17, 15) is 4.79 Å². The first kappa shape index (κ1) is 16.2. The SMILES string of the molecule is C=C(C)C(=O)NCCC(CCCCC)N(C)C. The van der Waals surface area contributed by atoms with E-state index in [0.717, 1.165) is 13.0 Å². The topological polar surface area (TPSA) is 32.3 Å². The van der Waals surface area contributed by atoms with Crippen molar-refractivity contribution in [1.29, 1.82) is 0 Å². The lowest BCUT2D eigenvalue weighted by Gasteiger charge is -2.24. The molecule has 0 aromatic rings. The molecule has 0 aromatic carbocycles. The van der Waals surface area contributed by atoms with Gasteiger partial charge in [-0.2, -0.15) is 0 Å². The Hall–Kier alpha value is -0.830. The largest absolute Gasteiger partial charge is 0.352 e. The molecule has 0 fully saturated rings. The van der Waals surface area contributed by atoms with Gasteiger partial charge in [-0.3, -0.25) is 4.79 Å². The molecule has 100 valence electrons. The van der Waals surface area contributed by atoms with E-state index in [2.05, 4.69) is 37.8 Å². The maximum absolute atomic E-state index is 11.3. The molecule has 0 rings (SSSR count). The Labute approximate surface area is 106 Å². The van der Waals surface area contributed by atoms with E-state index in [1.54, 1.807) is 6.92 Å². The minimum Gasteiger partial charge on any atom is -0.352 e. The highest BCUT2D eigenvalue weighted by Gasteiger charge is 2.11. The summed E-state index contributed by atoms with van der Waals surface area (Å²) in [7, 11) is 4.22. The predicted molar refractivity (Wildman–Crippen MR) is 74.1 cm³/mol. The lowest BCUT2D eigenvalue weighted by Crippen LogP contribution is -2.33. The fourth-order valence-corrected chi connectivity index (χ4v) is 1.79. The second-order valence-electron chi connectivity index (χ2n) is 4.94. The third-order valence-corrected chi connectivity index (χ3v) is 3.02. The Morgan fingerprint density at radius 2 is 1.94 bits per heavy atom. The highest BCUT2D eigenvalue weighted by atomic mass is 16.1. The molecular weight excluding hydrogens is 212 g/mol. The monoisotopic (exact) mass is 240 g/mol. The van der Waals surface area contributed by atoms with Crippen molar-refractivity contribution in [3.8, 4) is 0 Å². The van der Waals surface area contributed by atoms with Gasteiger partial charge in [-0.25, -0.2) is 0 Å². The van der Waals surface area contributed by atoms with Gasteiger partial charge in [-0.1, -0.05) is 32.8 Å². The van der Waals surface area contributed by atoms with Gasteiger partial charge >= 0.3 is 0 Å². The molecule has 1 amide bonds. The molecular formula is C14H28N2O. The number of rotatable bonds is 9. The standard InChI is InChI=1S/C14H28N2O/c1-6-7-8-9-13(16(4)5)10-11-15-14(17)12(2)3/h13H,2,6-11H2,1,3-5H3,(H,15,17). The lowest BCUT2D eigenvalue weighted by atomic mass is 10.0. The zero-order valence-electron chi connectivity index (χ0n) is 11.9. The van der Waals surface area contributed by atoms with E-state index in [1.165, 1.54) is 25.7 Å². The van der Waals surface area contributed by atoms with Gasteiger partial charge in [0.1, 0.15) is 0 Å². The van der Waals surface area contributed by atoms with Crippen LogP contribution in [0.1, 0.15) is 46.0 Å². The van der Waals surface area contributed by atoms with Gasteiger partial charge in [-0.15, -0.1) is 0 Å². The quantitative estimate of drug-likeness (QED) is 0.496. The van der Waals surface area contributed by atoms with Crippen LogP contribution in [0.5, 0.6) is 0 Å². The highest BCUT2D eigenvalue weighted by Crippen LogP contribution is 2.10. The van der Waals surface area contributed by atoms with Crippen LogP contribution >= 0.6 is 0 Å². The summed E-state index contributed by atoms with van der Waals surface area (Å²) in [5.74, 6) is -0.0314. The van der Waals surface area contributed by atoms with Gasteiger partial charge in [0.05, 0.1) is 0 Å². The van der Waals surface area contributed by atoms with Gasteiger partial charge in [0.2, 0.25) is 5.91 Å². The maximum Gasteiger partial charge on any atom is 0.246 e. The van der Waals surface area contributed by atoms with Crippen LogP contribution in [0.4, 0.5) is 0 Å².